The topological polar surface area (TPSA) is 307 Å². The first-order valence-electron chi connectivity index (χ1n) is 34.7. The zero-order chi connectivity index (χ0) is 63.3. The molecule has 0 aromatic heterocycles. The minimum atomic E-state index is -1.98. The largest absolute Gasteiger partial charge is 0.394 e. The molecule has 17 unspecified atom stereocenters. The van der Waals surface area contributed by atoms with Gasteiger partial charge in [0.05, 0.1) is 38.6 Å². The summed E-state index contributed by atoms with van der Waals surface area (Å²) < 4.78 is 34.4. The molecule has 0 aromatic rings. The van der Waals surface area contributed by atoms with E-state index in [0.717, 1.165) is 57.8 Å². The molecule has 19 nitrogen and oxygen atoms in total. The van der Waals surface area contributed by atoms with Crippen LogP contribution in [-0.2, 0) is 33.2 Å². The lowest BCUT2D eigenvalue weighted by Crippen LogP contribution is -2.66. The number of unbranched alkanes of at least 4 members (excludes halogenated alkanes) is 33. The first-order valence-corrected chi connectivity index (χ1v) is 34.7. The van der Waals surface area contributed by atoms with Crippen LogP contribution in [0, 0.1) is 0 Å². The van der Waals surface area contributed by atoms with Crippen LogP contribution in [-0.4, -0.2) is 193 Å². The summed E-state index contributed by atoms with van der Waals surface area (Å²) in [5.74, 6) is -0.276. The summed E-state index contributed by atoms with van der Waals surface area (Å²) in [4.78, 5) is 13.4. The SMILES string of the molecule is CCCCCCC/C=C\C/C=C\CCCCCCCCCCCCCC(=O)NC(COC1OC(CO)C(OC2OC(CO)C(OC3OC(CO)C(O)C(O)C3O)C(O)C2O)C(O)C1O)C(O)/C=C/CCCCCCCCCCCCCCCCCCC. The van der Waals surface area contributed by atoms with E-state index in [1.165, 1.54) is 173 Å². The Kier molecular flexibility index (Phi) is 46.0. The average molecular weight is 1240 g/mol. The van der Waals surface area contributed by atoms with Crippen molar-refractivity contribution in [3.63, 3.8) is 0 Å². The monoisotopic (exact) mass is 1240 g/mol. The fraction of sp³-hybridized carbons (Fsp3) is 0.897. The number of allylic oxidation sites excluding steroid dienone is 5. The molecule has 1 amide bonds. The lowest BCUT2D eigenvalue weighted by atomic mass is 9.96. The van der Waals surface area contributed by atoms with Gasteiger partial charge >= 0.3 is 0 Å². The number of carbonyl (C=O) groups excluding carboxylic acids is 1. The van der Waals surface area contributed by atoms with E-state index in [1.807, 2.05) is 6.08 Å². The molecule has 0 bridgehead atoms. The van der Waals surface area contributed by atoms with Gasteiger partial charge in [0.15, 0.2) is 18.9 Å². The van der Waals surface area contributed by atoms with Crippen molar-refractivity contribution in [3.8, 4) is 0 Å². The lowest BCUT2D eigenvalue weighted by molar-refractivity contribution is -0.379. The van der Waals surface area contributed by atoms with Gasteiger partial charge in [-0.1, -0.05) is 237 Å². The summed E-state index contributed by atoms with van der Waals surface area (Å²) in [5.41, 5.74) is 0. The smallest absolute Gasteiger partial charge is 0.220 e. The third-order valence-electron chi connectivity index (χ3n) is 17.4. The van der Waals surface area contributed by atoms with Gasteiger partial charge in [-0.15, -0.1) is 0 Å². The molecule has 0 saturated carbocycles. The van der Waals surface area contributed by atoms with Gasteiger partial charge < -0.3 is 89.9 Å². The molecule has 17 atom stereocenters. The molecule has 0 aromatic carbocycles. The standard InChI is InChI=1S/C68H125NO18/c1-3-5-7-9-11-13-15-17-19-21-23-24-25-26-28-30-32-34-36-38-40-42-44-46-56(74)69-51(52(73)45-43-41-39-37-35-33-31-29-27-22-20-18-16-14-12-10-8-6-4-2)50-82-66-62(80)59(77)64(54(48-71)84-66)87-68-63(81)60(78)65(55(49-72)85-68)86-67-61(79)58(76)57(75)53(47-70)83-67/h15,17,21,23,43,45,51-55,57-68,70-73,75-81H,3-14,16,18-20,22,24-42,44,46-50H2,1-2H3,(H,69,74)/b17-15-,23-21-,45-43+. The van der Waals surface area contributed by atoms with Crippen molar-refractivity contribution in [3.05, 3.63) is 36.5 Å². The number of rotatable bonds is 53. The summed E-state index contributed by atoms with van der Waals surface area (Å²) in [6.07, 6.45) is 31.1. The fourth-order valence-electron chi connectivity index (χ4n) is 11.8. The molecule has 87 heavy (non-hydrogen) atoms. The highest BCUT2D eigenvalue weighted by Crippen LogP contribution is 2.33. The summed E-state index contributed by atoms with van der Waals surface area (Å²) in [6, 6.07) is -0.974. The number of ether oxygens (including phenoxy) is 6. The molecule has 510 valence electrons. The maximum absolute atomic E-state index is 13.4. The Balaban J connectivity index is 1.45. The van der Waals surface area contributed by atoms with Crippen molar-refractivity contribution < 1.29 is 89.4 Å². The maximum atomic E-state index is 13.4. The zero-order valence-electron chi connectivity index (χ0n) is 53.8. The second-order valence-corrected chi connectivity index (χ2v) is 25.0. The van der Waals surface area contributed by atoms with E-state index >= 15 is 0 Å². The van der Waals surface area contributed by atoms with Crippen LogP contribution in [0.3, 0.4) is 0 Å². The van der Waals surface area contributed by atoms with Gasteiger partial charge in [-0.3, -0.25) is 4.79 Å². The Hall–Kier alpha value is -1.99. The predicted octanol–water partition coefficient (Wildman–Crippen LogP) is 8.83. The lowest BCUT2D eigenvalue weighted by Gasteiger charge is -2.48. The van der Waals surface area contributed by atoms with Crippen LogP contribution >= 0.6 is 0 Å². The highest BCUT2D eigenvalue weighted by Gasteiger charge is 2.53. The minimum absolute atomic E-state index is 0.242. The third kappa shape index (κ3) is 32.9. The van der Waals surface area contributed by atoms with Crippen LogP contribution in [0.15, 0.2) is 36.5 Å². The van der Waals surface area contributed by atoms with Gasteiger partial charge in [-0.25, -0.2) is 0 Å². The zero-order valence-corrected chi connectivity index (χ0v) is 53.8. The molecule has 12 N–H and O–H groups in total. The van der Waals surface area contributed by atoms with Crippen molar-refractivity contribution in [2.24, 2.45) is 0 Å². The molecule has 3 rings (SSSR count). The molecule has 3 saturated heterocycles. The Morgan fingerprint density at radius 3 is 1.17 bits per heavy atom. The van der Waals surface area contributed by atoms with Crippen LogP contribution in [0.1, 0.15) is 258 Å². The van der Waals surface area contributed by atoms with E-state index in [0.29, 0.717) is 6.42 Å². The Morgan fingerprint density at radius 1 is 0.414 bits per heavy atom. The van der Waals surface area contributed by atoms with Gasteiger partial charge in [-0.2, -0.15) is 0 Å². The number of aliphatic hydroxyl groups excluding tert-OH is 11. The Bertz CT molecular complexity index is 1720. The number of hydrogen-bond donors (Lipinski definition) is 12. The number of amides is 1. The molecule has 3 heterocycles. The van der Waals surface area contributed by atoms with Crippen molar-refractivity contribution in [1.82, 2.24) is 5.32 Å². The molecule has 19 heteroatoms. The quantitative estimate of drug-likeness (QED) is 0.0200. The molecule has 3 fully saturated rings. The second-order valence-electron chi connectivity index (χ2n) is 25.0. The number of hydrogen-bond acceptors (Lipinski definition) is 18. The highest BCUT2D eigenvalue weighted by atomic mass is 16.8. The molecule has 0 aliphatic carbocycles. The molecule has 3 aliphatic heterocycles. The number of aliphatic hydroxyl groups is 11. The average Bonchev–Trinajstić information content (AvgIpc) is 2.58. The van der Waals surface area contributed by atoms with E-state index in [1.54, 1.807) is 6.08 Å². The van der Waals surface area contributed by atoms with Crippen LogP contribution in [0.4, 0.5) is 0 Å². The third-order valence-corrected chi connectivity index (χ3v) is 17.4. The first-order chi connectivity index (χ1) is 42.3. The normalized spacial score (nSPS) is 28.8. The van der Waals surface area contributed by atoms with Crippen LogP contribution in [0.5, 0.6) is 0 Å². The van der Waals surface area contributed by atoms with Gasteiger partial charge in [-0.05, 0) is 51.4 Å². The highest BCUT2D eigenvalue weighted by molar-refractivity contribution is 5.76. The van der Waals surface area contributed by atoms with Crippen LogP contribution < -0.4 is 5.32 Å². The number of carbonyl (C=O) groups is 1. The van der Waals surface area contributed by atoms with Gasteiger partial charge in [0.25, 0.3) is 0 Å². The maximum Gasteiger partial charge on any atom is 0.220 e. The van der Waals surface area contributed by atoms with E-state index < -0.39 is 124 Å². The van der Waals surface area contributed by atoms with Crippen molar-refractivity contribution in [2.45, 2.75) is 362 Å². The van der Waals surface area contributed by atoms with E-state index in [9.17, 15) is 61.0 Å². The van der Waals surface area contributed by atoms with Crippen molar-refractivity contribution >= 4 is 5.91 Å². The van der Waals surface area contributed by atoms with E-state index in [2.05, 4.69) is 43.5 Å². The summed E-state index contributed by atoms with van der Waals surface area (Å²) in [5, 5.41) is 121. The Morgan fingerprint density at radius 2 is 0.759 bits per heavy atom. The summed E-state index contributed by atoms with van der Waals surface area (Å²) in [7, 11) is 0. The van der Waals surface area contributed by atoms with Crippen molar-refractivity contribution in [1.29, 1.82) is 0 Å². The van der Waals surface area contributed by atoms with Crippen molar-refractivity contribution in [2.75, 3.05) is 26.4 Å². The van der Waals surface area contributed by atoms with Gasteiger partial charge in [0.2, 0.25) is 5.91 Å². The van der Waals surface area contributed by atoms with E-state index in [-0.39, 0.29) is 18.9 Å². The van der Waals surface area contributed by atoms with Crippen LogP contribution in [0.25, 0.3) is 0 Å². The predicted molar refractivity (Wildman–Crippen MR) is 337 cm³/mol. The molecule has 3 aliphatic rings. The number of nitrogens with one attached hydrogen (secondary N) is 1. The molecular formula is C68H125NO18. The summed E-state index contributed by atoms with van der Waals surface area (Å²) >= 11 is 0. The molecule has 0 spiro atoms. The second kappa shape index (κ2) is 50.6. The minimum Gasteiger partial charge on any atom is -0.394 e. The molecule has 0 radical (unpaired) electrons. The van der Waals surface area contributed by atoms with Gasteiger partial charge in [0, 0.05) is 6.42 Å². The summed E-state index contributed by atoms with van der Waals surface area (Å²) in [6.45, 7) is 1.74. The van der Waals surface area contributed by atoms with E-state index in [4.69, 9.17) is 28.4 Å². The Labute approximate surface area is 523 Å². The first kappa shape index (κ1) is 79.2. The fourth-order valence-corrected chi connectivity index (χ4v) is 11.8. The van der Waals surface area contributed by atoms with Crippen LogP contribution in [0.2, 0.25) is 0 Å². The molecular weight excluding hydrogens is 1120 g/mol. The van der Waals surface area contributed by atoms with Gasteiger partial charge in [0.1, 0.15) is 73.2 Å².